The largest absolute Gasteiger partial charge is 0.378 e. The summed E-state index contributed by atoms with van der Waals surface area (Å²) >= 11 is 0. The van der Waals surface area contributed by atoms with E-state index in [1.807, 2.05) is 6.20 Å². The molecule has 1 aliphatic heterocycles. The van der Waals surface area contributed by atoms with Crippen LogP contribution in [0.4, 0.5) is 0 Å². The van der Waals surface area contributed by atoms with E-state index in [1.54, 1.807) is 0 Å². The molecule has 1 fully saturated rings. The summed E-state index contributed by atoms with van der Waals surface area (Å²) in [6.07, 6.45) is 10.6. The summed E-state index contributed by atoms with van der Waals surface area (Å²) in [5, 5.41) is 7.79. The van der Waals surface area contributed by atoms with Crippen molar-refractivity contribution in [2.75, 3.05) is 13.2 Å². The highest BCUT2D eigenvalue weighted by Gasteiger charge is 2.14. The van der Waals surface area contributed by atoms with Gasteiger partial charge in [-0.25, -0.2) is 0 Å². The van der Waals surface area contributed by atoms with Crippen molar-refractivity contribution in [1.29, 1.82) is 0 Å². The first kappa shape index (κ1) is 13.6. The van der Waals surface area contributed by atoms with Crippen LogP contribution < -0.4 is 5.32 Å². The fourth-order valence-corrected chi connectivity index (χ4v) is 2.38. The van der Waals surface area contributed by atoms with Gasteiger partial charge in [-0.05, 0) is 38.6 Å². The molecule has 18 heavy (non-hydrogen) atoms. The van der Waals surface area contributed by atoms with Crippen LogP contribution in [0.1, 0.15) is 44.6 Å². The van der Waals surface area contributed by atoms with Crippen molar-refractivity contribution >= 4 is 0 Å². The Bertz CT molecular complexity index is 332. The first-order valence-corrected chi connectivity index (χ1v) is 7.22. The maximum atomic E-state index is 5.62. The third-order valence-corrected chi connectivity index (χ3v) is 3.38. The quantitative estimate of drug-likeness (QED) is 0.721. The minimum Gasteiger partial charge on any atom is -0.378 e. The third kappa shape index (κ3) is 4.42. The summed E-state index contributed by atoms with van der Waals surface area (Å²) in [4.78, 5) is 0. The first-order valence-electron chi connectivity index (χ1n) is 7.22. The normalized spacial score (nSPS) is 19.5. The Morgan fingerprint density at radius 1 is 1.56 bits per heavy atom. The van der Waals surface area contributed by atoms with Crippen LogP contribution in [0, 0.1) is 0 Å². The first-order chi connectivity index (χ1) is 8.88. The number of hydrogen-bond donors (Lipinski definition) is 1. The van der Waals surface area contributed by atoms with Crippen molar-refractivity contribution in [2.24, 2.45) is 0 Å². The summed E-state index contributed by atoms with van der Waals surface area (Å²) < 4.78 is 7.68. The van der Waals surface area contributed by atoms with E-state index >= 15 is 0 Å². The monoisotopic (exact) mass is 251 g/mol. The molecule has 1 aromatic heterocycles. The Labute approximate surface area is 110 Å². The lowest BCUT2D eigenvalue weighted by Crippen LogP contribution is -2.13. The second kappa shape index (κ2) is 7.54. The van der Waals surface area contributed by atoms with Crippen LogP contribution >= 0.6 is 0 Å². The average molecular weight is 251 g/mol. The average Bonchev–Trinajstić information content (AvgIpc) is 3.01. The summed E-state index contributed by atoms with van der Waals surface area (Å²) in [6, 6.07) is 0. The van der Waals surface area contributed by atoms with Crippen molar-refractivity contribution in [3.63, 3.8) is 0 Å². The lowest BCUT2D eigenvalue weighted by Gasteiger charge is -2.08. The van der Waals surface area contributed by atoms with Crippen molar-refractivity contribution in [3.8, 4) is 0 Å². The topological polar surface area (TPSA) is 39.1 Å². The SMILES string of the molecule is CCCNCc1cnn(CCCC2CCCO2)c1. The Balaban J connectivity index is 1.63. The Morgan fingerprint density at radius 3 is 3.28 bits per heavy atom. The maximum Gasteiger partial charge on any atom is 0.0576 e. The van der Waals surface area contributed by atoms with Gasteiger partial charge in [0, 0.05) is 31.5 Å². The van der Waals surface area contributed by atoms with Gasteiger partial charge in [0.15, 0.2) is 0 Å². The van der Waals surface area contributed by atoms with Gasteiger partial charge in [-0.15, -0.1) is 0 Å². The second-order valence-electron chi connectivity index (χ2n) is 5.07. The molecule has 0 aromatic carbocycles. The molecule has 1 atom stereocenters. The van der Waals surface area contributed by atoms with E-state index in [0.717, 1.165) is 32.7 Å². The molecule has 102 valence electrons. The van der Waals surface area contributed by atoms with Gasteiger partial charge in [-0.2, -0.15) is 5.10 Å². The van der Waals surface area contributed by atoms with Gasteiger partial charge in [-0.3, -0.25) is 4.68 Å². The minimum atomic E-state index is 0.506. The van der Waals surface area contributed by atoms with Crippen molar-refractivity contribution in [2.45, 2.75) is 58.2 Å². The van der Waals surface area contributed by atoms with Crippen LogP contribution in [-0.4, -0.2) is 29.0 Å². The standard InChI is InChI=1S/C14H25N3O/c1-2-7-15-10-13-11-16-17(12-13)8-3-5-14-6-4-9-18-14/h11-12,14-15H,2-10H2,1H3. The predicted octanol–water partition coefficient (Wildman–Crippen LogP) is 2.34. The predicted molar refractivity (Wildman–Crippen MR) is 72.4 cm³/mol. The number of ether oxygens (including phenoxy) is 1. The lowest BCUT2D eigenvalue weighted by atomic mass is 10.1. The molecule has 1 aromatic rings. The van der Waals surface area contributed by atoms with E-state index in [0.29, 0.717) is 6.10 Å². The second-order valence-corrected chi connectivity index (χ2v) is 5.07. The van der Waals surface area contributed by atoms with Gasteiger partial charge in [-0.1, -0.05) is 6.92 Å². The van der Waals surface area contributed by atoms with Crippen LogP contribution in [-0.2, 0) is 17.8 Å². The molecule has 0 bridgehead atoms. The van der Waals surface area contributed by atoms with E-state index < -0.39 is 0 Å². The maximum absolute atomic E-state index is 5.62. The van der Waals surface area contributed by atoms with Crippen molar-refractivity contribution in [1.82, 2.24) is 15.1 Å². The van der Waals surface area contributed by atoms with Gasteiger partial charge in [0.1, 0.15) is 0 Å². The zero-order valence-electron chi connectivity index (χ0n) is 11.4. The summed E-state index contributed by atoms with van der Waals surface area (Å²) in [5.74, 6) is 0. The van der Waals surface area contributed by atoms with Crippen molar-refractivity contribution in [3.05, 3.63) is 18.0 Å². The number of hydrogen-bond acceptors (Lipinski definition) is 3. The van der Waals surface area contributed by atoms with Gasteiger partial charge in [0.25, 0.3) is 0 Å². The zero-order valence-corrected chi connectivity index (χ0v) is 11.4. The molecule has 2 rings (SSSR count). The highest BCUT2D eigenvalue weighted by molar-refractivity contribution is 5.03. The molecular formula is C14H25N3O. The fourth-order valence-electron chi connectivity index (χ4n) is 2.38. The van der Waals surface area contributed by atoms with Crippen molar-refractivity contribution < 1.29 is 4.74 Å². The highest BCUT2D eigenvalue weighted by Crippen LogP contribution is 2.17. The third-order valence-electron chi connectivity index (χ3n) is 3.38. The molecular weight excluding hydrogens is 226 g/mol. The summed E-state index contributed by atoms with van der Waals surface area (Å²) in [6.45, 7) is 6.15. The Kier molecular flexibility index (Phi) is 5.68. The van der Waals surface area contributed by atoms with E-state index in [-0.39, 0.29) is 0 Å². The molecule has 0 aliphatic carbocycles. The molecule has 1 aliphatic rings. The van der Waals surface area contributed by atoms with E-state index in [1.165, 1.54) is 31.2 Å². The molecule has 1 N–H and O–H groups in total. The number of nitrogens with zero attached hydrogens (tertiary/aromatic N) is 2. The van der Waals surface area contributed by atoms with Gasteiger partial charge in [0.2, 0.25) is 0 Å². The molecule has 4 nitrogen and oxygen atoms in total. The van der Waals surface area contributed by atoms with Gasteiger partial charge < -0.3 is 10.1 Å². The molecule has 4 heteroatoms. The smallest absolute Gasteiger partial charge is 0.0576 e. The molecule has 0 saturated carbocycles. The Hall–Kier alpha value is -0.870. The molecule has 2 heterocycles. The number of nitrogens with one attached hydrogen (secondary N) is 1. The van der Waals surface area contributed by atoms with Crippen LogP contribution in [0.2, 0.25) is 0 Å². The minimum absolute atomic E-state index is 0.506. The van der Waals surface area contributed by atoms with Gasteiger partial charge >= 0.3 is 0 Å². The summed E-state index contributed by atoms with van der Waals surface area (Å²) in [7, 11) is 0. The fraction of sp³-hybridized carbons (Fsp3) is 0.786. The van der Waals surface area contributed by atoms with Gasteiger partial charge in [0.05, 0.1) is 12.3 Å². The number of aryl methyl sites for hydroxylation is 1. The lowest BCUT2D eigenvalue weighted by molar-refractivity contribution is 0.101. The van der Waals surface area contributed by atoms with Crippen LogP contribution in [0.5, 0.6) is 0 Å². The molecule has 1 saturated heterocycles. The molecule has 0 amide bonds. The zero-order chi connectivity index (χ0) is 12.6. The Morgan fingerprint density at radius 2 is 2.50 bits per heavy atom. The van der Waals surface area contributed by atoms with Crippen LogP contribution in [0.15, 0.2) is 12.4 Å². The van der Waals surface area contributed by atoms with E-state index in [2.05, 4.69) is 28.2 Å². The number of rotatable bonds is 8. The van der Waals surface area contributed by atoms with E-state index in [9.17, 15) is 0 Å². The molecule has 0 spiro atoms. The molecule has 1 unspecified atom stereocenters. The van der Waals surface area contributed by atoms with Crippen LogP contribution in [0.3, 0.4) is 0 Å². The van der Waals surface area contributed by atoms with Crippen LogP contribution in [0.25, 0.3) is 0 Å². The number of aromatic nitrogens is 2. The van der Waals surface area contributed by atoms with E-state index in [4.69, 9.17) is 4.74 Å². The molecule has 0 radical (unpaired) electrons. The summed E-state index contributed by atoms with van der Waals surface area (Å²) in [5.41, 5.74) is 1.28. The highest BCUT2D eigenvalue weighted by atomic mass is 16.5.